The Kier molecular flexibility index (Phi) is 4.96. The molecule has 1 heterocycles. The van der Waals surface area contributed by atoms with Crippen molar-refractivity contribution < 1.29 is 9.53 Å². The average molecular weight is 305 g/mol. The van der Waals surface area contributed by atoms with Crippen molar-refractivity contribution in [2.75, 3.05) is 23.7 Å². The molecule has 1 aromatic rings. The summed E-state index contributed by atoms with van der Waals surface area (Å²) in [4.78, 5) is 14.5. The first-order chi connectivity index (χ1) is 10.3. The first-order valence-corrected chi connectivity index (χ1v) is 7.87. The van der Waals surface area contributed by atoms with Gasteiger partial charge in [-0.2, -0.15) is 0 Å². The van der Waals surface area contributed by atoms with Crippen LogP contribution in [0.2, 0.25) is 0 Å². The average Bonchev–Trinajstić information content (AvgIpc) is 2.41. The van der Waals surface area contributed by atoms with E-state index >= 15 is 0 Å². The summed E-state index contributed by atoms with van der Waals surface area (Å²) in [6.07, 6.45) is 1.47. The van der Waals surface area contributed by atoms with Gasteiger partial charge in [0.25, 0.3) is 0 Å². The highest BCUT2D eigenvalue weighted by Gasteiger charge is 2.31. The highest BCUT2D eigenvalue weighted by molar-refractivity contribution is 5.92. The zero-order valence-electron chi connectivity index (χ0n) is 14.0. The maximum absolute atomic E-state index is 12.7. The molecule has 0 atom stereocenters. The second kappa shape index (κ2) is 6.57. The standard InChI is InChI=1S/C17H27N3O2/c1-12-5-6-15(14(18)11-12)20(13-7-9-19-10-8-13)16(21)22-17(2,3)4/h5-6,11,13,19H,7-10,18H2,1-4H3. The van der Waals surface area contributed by atoms with Crippen molar-refractivity contribution in [3.8, 4) is 0 Å². The summed E-state index contributed by atoms with van der Waals surface area (Å²) in [6.45, 7) is 9.42. The SMILES string of the molecule is Cc1ccc(N(C(=O)OC(C)(C)C)C2CCNCC2)c(N)c1. The number of hydrogen-bond acceptors (Lipinski definition) is 4. The number of rotatable bonds is 2. The summed E-state index contributed by atoms with van der Waals surface area (Å²) in [5, 5.41) is 3.32. The van der Waals surface area contributed by atoms with E-state index in [2.05, 4.69) is 5.32 Å². The monoisotopic (exact) mass is 305 g/mol. The molecular formula is C17H27N3O2. The van der Waals surface area contributed by atoms with Gasteiger partial charge in [-0.1, -0.05) is 6.07 Å². The van der Waals surface area contributed by atoms with Crippen LogP contribution in [0.1, 0.15) is 39.2 Å². The van der Waals surface area contributed by atoms with Crippen LogP contribution in [-0.4, -0.2) is 30.8 Å². The highest BCUT2D eigenvalue weighted by Crippen LogP contribution is 2.30. The van der Waals surface area contributed by atoms with E-state index in [4.69, 9.17) is 10.5 Å². The zero-order valence-corrected chi connectivity index (χ0v) is 14.0. The Hall–Kier alpha value is -1.75. The van der Waals surface area contributed by atoms with Crippen LogP contribution in [-0.2, 0) is 4.74 Å². The van der Waals surface area contributed by atoms with E-state index in [1.165, 1.54) is 0 Å². The molecule has 5 nitrogen and oxygen atoms in total. The molecule has 1 aliphatic rings. The van der Waals surface area contributed by atoms with E-state index in [-0.39, 0.29) is 12.1 Å². The Morgan fingerprint density at radius 1 is 1.32 bits per heavy atom. The lowest BCUT2D eigenvalue weighted by Gasteiger charge is -2.36. The summed E-state index contributed by atoms with van der Waals surface area (Å²) in [5.74, 6) is 0. The highest BCUT2D eigenvalue weighted by atomic mass is 16.6. The first kappa shape index (κ1) is 16.6. The maximum atomic E-state index is 12.7. The van der Waals surface area contributed by atoms with Crippen molar-refractivity contribution in [3.05, 3.63) is 23.8 Å². The fourth-order valence-electron chi connectivity index (χ4n) is 2.71. The van der Waals surface area contributed by atoms with Crippen molar-refractivity contribution in [1.82, 2.24) is 5.32 Å². The molecule has 1 amide bonds. The van der Waals surface area contributed by atoms with E-state index in [0.29, 0.717) is 5.69 Å². The lowest BCUT2D eigenvalue weighted by atomic mass is 10.0. The smallest absolute Gasteiger partial charge is 0.415 e. The minimum absolute atomic E-state index is 0.112. The molecule has 0 bridgehead atoms. The number of carbonyl (C=O) groups excluding carboxylic acids is 1. The first-order valence-electron chi connectivity index (χ1n) is 7.87. The third-order valence-corrected chi connectivity index (χ3v) is 3.71. The van der Waals surface area contributed by atoms with Gasteiger partial charge in [0.05, 0.1) is 11.4 Å². The number of carbonyl (C=O) groups is 1. The quantitative estimate of drug-likeness (QED) is 0.824. The largest absolute Gasteiger partial charge is 0.443 e. The van der Waals surface area contributed by atoms with Crippen LogP contribution in [0.5, 0.6) is 0 Å². The fourth-order valence-corrected chi connectivity index (χ4v) is 2.71. The number of anilines is 2. The third-order valence-electron chi connectivity index (χ3n) is 3.71. The Morgan fingerprint density at radius 3 is 2.50 bits per heavy atom. The van der Waals surface area contributed by atoms with Gasteiger partial charge in [0, 0.05) is 6.04 Å². The molecule has 1 aromatic carbocycles. The van der Waals surface area contributed by atoms with Gasteiger partial charge < -0.3 is 15.8 Å². The van der Waals surface area contributed by atoms with Crippen molar-refractivity contribution in [1.29, 1.82) is 0 Å². The van der Waals surface area contributed by atoms with E-state index < -0.39 is 5.60 Å². The molecular weight excluding hydrogens is 278 g/mol. The van der Waals surface area contributed by atoms with E-state index in [1.54, 1.807) is 4.90 Å². The minimum atomic E-state index is -0.526. The molecule has 2 rings (SSSR count). The summed E-state index contributed by atoms with van der Waals surface area (Å²) in [7, 11) is 0. The van der Waals surface area contributed by atoms with Gasteiger partial charge in [-0.25, -0.2) is 4.79 Å². The molecule has 0 unspecified atom stereocenters. The van der Waals surface area contributed by atoms with Crippen molar-refractivity contribution in [3.63, 3.8) is 0 Å². The van der Waals surface area contributed by atoms with Crippen molar-refractivity contribution >= 4 is 17.5 Å². The molecule has 5 heteroatoms. The maximum Gasteiger partial charge on any atom is 0.415 e. The minimum Gasteiger partial charge on any atom is -0.443 e. The van der Waals surface area contributed by atoms with Crippen LogP contribution in [0, 0.1) is 6.92 Å². The Bertz CT molecular complexity index is 531. The number of aryl methyl sites for hydroxylation is 1. The number of nitrogens with two attached hydrogens (primary N) is 1. The van der Waals surface area contributed by atoms with Gasteiger partial charge in [0.1, 0.15) is 5.60 Å². The van der Waals surface area contributed by atoms with E-state index in [0.717, 1.165) is 37.2 Å². The van der Waals surface area contributed by atoms with E-state index in [9.17, 15) is 4.79 Å². The molecule has 0 aliphatic carbocycles. The van der Waals surface area contributed by atoms with Crippen LogP contribution in [0.3, 0.4) is 0 Å². The lowest BCUT2D eigenvalue weighted by molar-refractivity contribution is 0.0559. The van der Waals surface area contributed by atoms with Crippen LogP contribution < -0.4 is 16.0 Å². The van der Waals surface area contributed by atoms with Gasteiger partial charge >= 0.3 is 6.09 Å². The molecule has 0 aromatic heterocycles. The number of nitrogen functional groups attached to an aromatic ring is 1. The van der Waals surface area contributed by atoms with Gasteiger partial charge in [-0.15, -0.1) is 0 Å². The van der Waals surface area contributed by atoms with E-state index in [1.807, 2.05) is 45.9 Å². The van der Waals surface area contributed by atoms with Crippen LogP contribution in [0.15, 0.2) is 18.2 Å². The number of ether oxygens (including phenoxy) is 1. The molecule has 1 saturated heterocycles. The summed E-state index contributed by atoms with van der Waals surface area (Å²) < 4.78 is 5.60. The second-order valence-electron chi connectivity index (χ2n) is 6.89. The molecule has 0 saturated carbocycles. The van der Waals surface area contributed by atoms with Gasteiger partial charge in [-0.3, -0.25) is 4.90 Å². The Morgan fingerprint density at radius 2 is 1.95 bits per heavy atom. The summed E-state index contributed by atoms with van der Waals surface area (Å²) in [6, 6.07) is 5.90. The Labute approximate surface area is 132 Å². The summed E-state index contributed by atoms with van der Waals surface area (Å²) >= 11 is 0. The lowest BCUT2D eigenvalue weighted by Crippen LogP contribution is -2.48. The van der Waals surface area contributed by atoms with Gasteiger partial charge in [0.2, 0.25) is 0 Å². The van der Waals surface area contributed by atoms with Crippen LogP contribution >= 0.6 is 0 Å². The van der Waals surface area contributed by atoms with Crippen molar-refractivity contribution in [2.24, 2.45) is 0 Å². The zero-order chi connectivity index (χ0) is 16.3. The second-order valence-corrected chi connectivity index (χ2v) is 6.89. The molecule has 1 aliphatic heterocycles. The fraction of sp³-hybridized carbons (Fsp3) is 0.588. The molecule has 122 valence electrons. The van der Waals surface area contributed by atoms with Gasteiger partial charge in [0.15, 0.2) is 0 Å². The number of piperidine rings is 1. The number of benzene rings is 1. The third kappa shape index (κ3) is 4.13. The molecule has 1 fully saturated rings. The normalized spacial score (nSPS) is 16.4. The molecule has 22 heavy (non-hydrogen) atoms. The predicted molar refractivity (Wildman–Crippen MR) is 90.2 cm³/mol. The van der Waals surface area contributed by atoms with Crippen LogP contribution in [0.4, 0.5) is 16.2 Å². The molecule has 0 spiro atoms. The number of nitrogens with zero attached hydrogens (tertiary/aromatic N) is 1. The summed E-state index contributed by atoms with van der Waals surface area (Å²) in [5.41, 5.74) is 8.08. The predicted octanol–water partition coefficient (Wildman–Crippen LogP) is 3.07. The van der Waals surface area contributed by atoms with Crippen molar-refractivity contribution in [2.45, 2.75) is 52.2 Å². The number of hydrogen-bond donors (Lipinski definition) is 2. The molecule has 3 N–H and O–H groups in total. The molecule has 0 radical (unpaired) electrons. The topological polar surface area (TPSA) is 67.6 Å². The number of nitrogens with one attached hydrogen (secondary N) is 1. The number of amides is 1. The Balaban J connectivity index is 2.33. The van der Waals surface area contributed by atoms with Gasteiger partial charge in [-0.05, 0) is 71.3 Å². The van der Waals surface area contributed by atoms with Crippen LogP contribution in [0.25, 0.3) is 0 Å².